The SMILES string of the molecule is CC(C1=CCCCC1)C(O)(C(=O)O)C(=O)O. The number of aliphatic hydroxyl groups is 1. The quantitative estimate of drug-likeness (QED) is 0.493. The lowest BCUT2D eigenvalue weighted by molar-refractivity contribution is -0.180. The number of hydrogen-bond acceptors (Lipinski definition) is 3. The Hall–Kier alpha value is -1.36. The van der Waals surface area contributed by atoms with Crippen LogP contribution in [-0.2, 0) is 9.59 Å². The van der Waals surface area contributed by atoms with Crippen LogP contribution in [0.3, 0.4) is 0 Å². The van der Waals surface area contributed by atoms with Crippen LogP contribution < -0.4 is 0 Å². The standard InChI is InChI=1S/C11H16O5/c1-7(8-5-3-2-4-6-8)11(16,9(12)13)10(14)15/h5,7,16H,2-4,6H2,1H3,(H,12,13)(H,14,15). The van der Waals surface area contributed by atoms with Gasteiger partial charge in [-0.3, -0.25) is 0 Å². The van der Waals surface area contributed by atoms with E-state index in [0.717, 1.165) is 24.8 Å². The molecular weight excluding hydrogens is 212 g/mol. The Bertz CT molecular complexity index is 317. The first-order valence-corrected chi connectivity index (χ1v) is 5.28. The molecule has 0 aromatic heterocycles. The molecule has 5 heteroatoms. The molecule has 1 rings (SSSR count). The Morgan fingerprint density at radius 2 is 1.88 bits per heavy atom. The second kappa shape index (κ2) is 4.65. The van der Waals surface area contributed by atoms with Crippen molar-refractivity contribution in [2.24, 2.45) is 5.92 Å². The largest absolute Gasteiger partial charge is 0.479 e. The zero-order chi connectivity index (χ0) is 12.3. The molecule has 0 saturated carbocycles. The molecule has 90 valence electrons. The molecule has 5 nitrogen and oxygen atoms in total. The molecule has 0 radical (unpaired) electrons. The average molecular weight is 228 g/mol. The van der Waals surface area contributed by atoms with E-state index in [0.29, 0.717) is 6.42 Å². The second-order valence-corrected chi connectivity index (χ2v) is 4.12. The summed E-state index contributed by atoms with van der Waals surface area (Å²) in [5, 5.41) is 27.4. The Labute approximate surface area is 93.4 Å². The smallest absolute Gasteiger partial charge is 0.348 e. The van der Waals surface area contributed by atoms with Crippen molar-refractivity contribution in [1.82, 2.24) is 0 Å². The lowest BCUT2D eigenvalue weighted by Gasteiger charge is -2.29. The first kappa shape index (κ1) is 12.7. The molecule has 0 amide bonds. The Morgan fingerprint density at radius 1 is 1.31 bits per heavy atom. The average Bonchev–Trinajstić information content (AvgIpc) is 2.27. The Balaban J connectivity index is 2.99. The molecule has 0 aromatic rings. The van der Waals surface area contributed by atoms with Crippen LogP contribution >= 0.6 is 0 Å². The highest BCUT2D eigenvalue weighted by molar-refractivity contribution is 6.02. The maximum absolute atomic E-state index is 10.9. The fourth-order valence-electron chi connectivity index (χ4n) is 1.99. The van der Waals surface area contributed by atoms with E-state index >= 15 is 0 Å². The van der Waals surface area contributed by atoms with Gasteiger partial charge in [0.2, 0.25) is 0 Å². The molecule has 1 aliphatic rings. The van der Waals surface area contributed by atoms with E-state index in [9.17, 15) is 14.7 Å². The molecule has 0 saturated heterocycles. The Kier molecular flexibility index (Phi) is 3.70. The van der Waals surface area contributed by atoms with Crippen LogP contribution in [0.25, 0.3) is 0 Å². The van der Waals surface area contributed by atoms with Gasteiger partial charge < -0.3 is 15.3 Å². The van der Waals surface area contributed by atoms with Crippen LogP contribution in [0.1, 0.15) is 32.6 Å². The van der Waals surface area contributed by atoms with Crippen molar-refractivity contribution in [3.8, 4) is 0 Å². The van der Waals surface area contributed by atoms with E-state index in [-0.39, 0.29) is 0 Å². The zero-order valence-corrected chi connectivity index (χ0v) is 9.14. The highest BCUT2D eigenvalue weighted by Gasteiger charge is 2.50. The summed E-state index contributed by atoms with van der Waals surface area (Å²) in [6.45, 7) is 1.44. The predicted octanol–water partition coefficient (Wildman–Crippen LogP) is 1.02. The fourth-order valence-corrected chi connectivity index (χ4v) is 1.99. The minimum atomic E-state index is -2.72. The topological polar surface area (TPSA) is 94.8 Å². The van der Waals surface area contributed by atoms with Crippen molar-refractivity contribution in [2.75, 3.05) is 0 Å². The van der Waals surface area contributed by atoms with E-state index in [1.54, 1.807) is 0 Å². The number of allylic oxidation sites excluding steroid dienone is 1. The summed E-state index contributed by atoms with van der Waals surface area (Å²) < 4.78 is 0. The third-order valence-electron chi connectivity index (χ3n) is 3.16. The summed E-state index contributed by atoms with van der Waals surface area (Å²) in [5.41, 5.74) is -2.00. The molecule has 1 unspecified atom stereocenters. The molecule has 0 aromatic carbocycles. The zero-order valence-electron chi connectivity index (χ0n) is 9.14. The fraction of sp³-hybridized carbons (Fsp3) is 0.636. The van der Waals surface area contributed by atoms with Crippen molar-refractivity contribution < 1.29 is 24.9 Å². The molecule has 0 heterocycles. The predicted molar refractivity (Wildman–Crippen MR) is 55.9 cm³/mol. The highest BCUT2D eigenvalue weighted by Crippen LogP contribution is 2.32. The molecule has 0 bridgehead atoms. The van der Waals surface area contributed by atoms with Crippen molar-refractivity contribution in [3.05, 3.63) is 11.6 Å². The van der Waals surface area contributed by atoms with Gasteiger partial charge >= 0.3 is 11.9 Å². The van der Waals surface area contributed by atoms with Crippen LogP contribution in [-0.4, -0.2) is 32.9 Å². The molecule has 3 N–H and O–H groups in total. The maximum Gasteiger partial charge on any atom is 0.348 e. The number of carboxylic acid groups (broad SMARTS) is 2. The van der Waals surface area contributed by atoms with E-state index in [4.69, 9.17) is 10.2 Å². The molecule has 0 fully saturated rings. The first-order chi connectivity index (χ1) is 7.40. The minimum Gasteiger partial charge on any atom is -0.479 e. The maximum atomic E-state index is 10.9. The van der Waals surface area contributed by atoms with Gasteiger partial charge in [0, 0.05) is 5.92 Å². The molecule has 0 aliphatic heterocycles. The number of aliphatic carboxylic acids is 2. The van der Waals surface area contributed by atoms with Crippen LogP contribution in [0, 0.1) is 5.92 Å². The van der Waals surface area contributed by atoms with Crippen molar-refractivity contribution in [2.45, 2.75) is 38.2 Å². The molecule has 16 heavy (non-hydrogen) atoms. The molecule has 1 atom stereocenters. The lowest BCUT2D eigenvalue weighted by Crippen LogP contribution is -2.52. The van der Waals surface area contributed by atoms with Crippen molar-refractivity contribution >= 4 is 11.9 Å². The third kappa shape index (κ3) is 2.09. The minimum absolute atomic E-state index is 0.657. The van der Waals surface area contributed by atoms with Gasteiger partial charge in [0.05, 0.1) is 0 Å². The van der Waals surface area contributed by atoms with Gasteiger partial charge in [0.25, 0.3) is 5.60 Å². The van der Waals surface area contributed by atoms with Crippen LogP contribution in [0.5, 0.6) is 0 Å². The number of hydrogen-bond donors (Lipinski definition) is 3. The van der Waals surface area contributed by atoms with E-state index in [1.165, 1.54) is 6.92 Å². The van der Waals surface area contributed by atoms with Gasteiger partial charge in [-0.1, -0.05) is 18.6 Å². The highest BCUT2D eigenvalue weighted by atomic mass is 16.4. The third-order valence-corrected chi connectivity index (χ3v) is 3.16. The summed E-state index contributed by atoms with van der Waals surface area (Å²) in [5.74, 6) is -4.32. The van der Waals surface area contributed by atoms with E-state index in [2.05, 4.69) is 0 Å². The van der Waals surface area contributed by atoms with Gasteiger partial charge in [-0.05, 0) is 25.7 Å². The lowest BCUT2D eigenvalue weighted by atomic mass is 9.79. The van der Waals surface area contributed by atoms with Crippen molar-refractivity contribution in [1.29, 1.82) is 0 Å². The molecular formula is C11H16O5. The summed E-state index contributed by atoms with van der Waals surface area (Å²) in [6.07, 6.45) is 5.24. The van der Waals surface area contributed by atoms with Gasteiger partial charge in [-0.2, -0.15) is 0 Å². The summed E-state index contributed by atoms with van der Waals surface area (Å²) in [4.78, 5) is 21.8. The monoisotopic (exact) mass is 228 g/mol. The summed E-state index contributed by atoms with van der Waals surface area (Å²) >= 11 is 0. The molecule has 1 aliphatic carbocycles. The van der Waals surface area contributed by atoms with Gasteiger partial charge in [0.1, 0.15) is 0 Å². The molecule has 0 spiro atoms. The second-order valence-electron chi connectivity index (χ2n) is 4.12. The van der Waals surface area contributed by atoms with Gasteiger partial charge in [-0.15, -0.1) is 0 Å². The van der Waals surface area contributed by atoms with Crippen LogP contribution in [0.4, 0.5) is 0 Å². The Morgan fingerprint density at radius 3 is 2.25 bits per heavy atom. The summed E-state index contributed by atoms with van der Waals surface area (Å²) in [6, 6.07) is 0. The summed E-state index contributed by atoms with van der Waals surface area (Å²) in [7, 11) is 0. The number of carboxylic acids is 2. The van der Waals surface area contributed by atoms with Gasteiger partial charge in [-0.25, -0.2) is 9.59 Å². The number of rotatable bonds is 4. The van der Waals surface area contributed by atoms with Crippen molar-refractivity contribution in [3.63, 3.8) is 0 Å². The van der Waals surface area contributed by atoms with E-state index in [1.807, 2.05) is 6.08 Å². The van der Waals surface area contributed by atoms with Crippen LogP contribution in [0.15, 0.2) is 11.6 Å². The normalized spacial score (nSPS) is 18.8. The van der Waals surface area contributed by atoms with Crippen LogP contribution in [0.2, 0.25) is 0 Å². The van der Waals surface area contributed by atoms with E-state index < -0.39 is 23.5 Å². The number of carbonyl (C=O) groups is 2. The van der Waals surface area contributed by atoms with Gasteiger partial charge in [0.15, 0.2) is 0 Å². The first-order valence-electron chi connectivity index (χ1n) is 5.28.